The van der Waals surface area contributed by atoms with Crippen molar-refractivity contribution in [3.05, 3.63) is 69.3 Å². The standard InChI is InChI=1S/C32H38F3N5O7/c1-18-36-25-14-23(32(33,34)35)20(13-22(25)29(44)40(18)17-27(41)42)15-38(5)21-9-7-19(8-10-21)28(43)39-12-11-24(26(16-39)46-6)37-30(45)47-31(2,3)4/h7-10,13-14,24,26H,11-12,15-17H2,1-6H3,(H,37,45)(H,41,42)/t24-,26-/m1/s1. The van der Waals surface area contributed by atoms with Crippen LogP contribution in [0.2, 0.25) is 0 Å². The van der Waals surface area contributed by atoms with Gasteiger partial charge in [0.1, 0.15) is 18.0 Å². The van der Waals surface area contributed by atoms with Crippen LogP contribution < -0.4 is 15.8 Å². The van der Waals surface area contributed by atoms with Gasteiger partial charge in [-0.3, -0.25) is 19.0 Å². The average Bonchev–Trinajstić information content (AvgIpc) is 2.97. The molecule has 12 nitrogen and oxygen atoms in total. The number of methoxy groups -OCH3 is 1. The number of carbonyl (C=O) groups excluding carboxylic acids is 2. The summed E-state index contributed by atoms with van der Waals surface area (Å²) < 4.78 is 54.1. The zero-order valence-corrected chi connectivity index (χ0v) is 27.0. The maximum absolute atomic E-state index is 14.1. The van der Waals surface area contributed by atoms with Gasteiger partial charge in [-0.2, -0.15) is 13.2 Å². The molecule has 0 bridgehead atoms. The number of alkyl carbamates (subject to hydrolysis) is 1. The number of nitrogens with one attached hydrogen (secondary N) is 1. The summed E-state index contributed by atoms with van der Waals surface area (Å²) in [6, 6.07) is 7.92. The minimum Gasteiger partial charge on any atom is -0.480 e. The van der Waals surface area contributed by atoms with Gasteiger partial charge in [0.2, 0.25) is 0 Å². The summed E-state index contributed by atoms with van der Waals surface area (Å²) in [7, 11) is 3.07. The van der Waals surface area contributed by atoms with E-state index in [1.807, 2.05) is 0 Å². The highest BCUT2D eigenvalue weighted by Crippen LogP contribution is 2.35. The molecule has 0 unspecified atom stereocenters. The number of aryl methyl sites for hydroxylation is 1. The Labute approximate surface area is 269 Å². The van der Waals surface area contributed by atoms with E-state index in [4.69, 9.17) is 14.6 Å². The fourth-order valence-corrected chi connectivity index (χ4v) is 5.49. The summed E-state index contributed by atoms with van der Waals surface area (Å²) in [5, 5.41) is 11.8. The molecule has 0 saturated carbocycles. The molecule has 1 aliphatic rings. The van der Waals surface area contributed by atoms with Gasteiger partial charge in [0.05, 0.1) is 28.6 Å². The smallest absolute Gasteiger partial charge is 0.416 e. The van der Waals surface area contributed by atoms with Gasteiger partial charge in [-0.25, -0.2) is 9.78 Å². The summed E-state index contributed by atoms with van der Waals surface area (Å²) >= 11 is 0. The van der Waals surface area contributed by atoms with E-state index in [1.165, 1.54) is 18.9 Å². The molecule has 4 rings (SSSR count). The first kappa shape index (κ1) is 35.2. The lowest BCUT2D eigenvalue weighted by atomic mass is 10.0. The van der Waals surface area contributed by atoms with Crippen LogP contribution >= 0.6 is 0 Å². The summed E-state index contributed by atoms with van der Waals surface area (Å²) in [5.41, 5.74) is -1.91. The Hall–Kier alpha value is -4.66. The molecule has 254 valence electrons. The van der Waals surface area contributed by atoms with E-state index in [9.17, 15) is 32.3 Å². The number of nitrogens with zero attached hydrogens (tertiary/aromatic N) is 4. The Kier molecular flexibility index (Phi) is 10.2. The van der Waals surface area contributed by atoms with Crippen LogP contribution in [0.1, 0.15) is 54.5 Å². The molecule has 2 aromatic carbocycles. The zero-order chi connectivity index (χ0) is 34.8. The van der Waals surface area contributed by atoms with Crippen molar-refractivity contribution < 1.29 is 42.1 Å². The van der Waals surface area contributed by atoms with E-state index >= 15 is 0 Å². The van der Waals surface area contributed by atoms with Crippen LogP contribution in [-0.2, 0) is 33.5 Å². The predicted octanol–water partition coefficient (Wildman–Crippen LogP) is 4.20. The van der Waals surface area contributed by atoms with Crippen molar-refractivity contribution in [1.82, 2.24) is 19.8 Å². The molecule has 2 amide bonds. The number of ether oxygens (including phenoxy) is 2. The summed E-state index contributed by atoms with van der Waals surface area (Å²) in [6.45, 7) is 6.28. The lowest BCUT2D eigenvalue weighted by Gasteiger charge is -2.38. The van der Waals surface area contributed by atoms with Gasteiger partial charge in [-0.15, -0.1) is 0 Å². The second-order valence-electron chi connectivity index (χ2n) is 12.4. The number of hydrogen-bond acceptors (Lipinski definition) is 8. The van der Waals surface area contributed by atoms with Crippen molar-refractivity contribution in [1.29, 1.82) is 0 Å². The number of fused-ring (bicyclic) bond motifs is 1. The lowest BCUT2D eigenvalue weighted by Crippen LogP contribution is -2.56. The number of amides is 2. The number of carbonyl (C=O) groups is 3. The van der Waals surface area contributed by atoms with E-state index in [-0.39, 0.29) is 47.3 Å². The van der Waals surface area contributed by atoms with Gasteiger partial charge < -0.3 is 29.7 Å². The first-order chi connectivity index (χ1) is 21.9. The second kappa shape index (κ2) is 13.6. The monoisotopic (exact) mass is 661 g/mol. The molecule has 15 heteroatoms. The number of rotatable bonds is 8. The summed E-state index contributed by atoms with van der Waals surface area (Å²) in [6.07, 6.45) is -5.35. The molecule has 47 heavy (non-hydrogen) atoms. The van der Waals surface area contributed by atoms with Crippen molar-refractivity contribution in [2.24, 2.45) is 0 Å². The Balaban J connectivity index is 1.51. The molecule has 1 saturated heterocycles. The molecule has 0 aliphatic carbocycles. The van der Waals surface area contributed by atoms with E-state index in [0.29, 0.717) is 24.2 Å². The molecular formula is C32H38F3N5O7. The van der Waals surface area contributed by atoms with E-state index in [1.54, 1.807) is 57.0 Å². The van der Waals surface area contributed by atoms with Gasteiger partial charge in [0.25, 0.3) is 11.5 Å². The van der Waals surface area contributed by atoms with Crippen molar-refractivity contribution >= 4 is 34.6 Å². The van der Waals surface area contributed by atoms with Crippen LogP contribution in [0.25, 0.3) is 10.9 Å². The maximum atomic E-state index is 14.1. The van der Waals surface area contributed by atoms with Crippen LogP contribution in [0.3, 0.4) is 0 Å². The number of hydrogen-bond donors (Lipinski definition) is 2. The van der Waals surface area contributed by atoms with Gasteiger partial charge in [0, 0.05) is 45.0 Å². The zero-order valence-electron chi connectivity index (χ0n) is 27.0. The number of anilines is 1. The Morgan fingerprint density at radius 3 is 2.36 bits per heavy atom. The van der Waals surface area contributed by atoms with Gasteiger partial charge in [-0.1, -0.05) is 0 Å². The normalized spacial score (nSPS) is 17.0. The minimum absolute atomic E-state index is 0.0166. The first-order valence-corrected chi connectivity index (χ1v) is 14.8. The fourth-order valence-electron chi connectivity index (χ4n) is 5.49. The van der Waals surface area contributed by atoms with E-state index in [0.717, 1.165) is 16.7 Å². The van der Waals surface area contributed by atoms with Crippen molar-refractivity contribution in [2.75, 3.05) is 32.1 Å². The Morgan fingerprint density at radius 2 is 1.79 bits per heavy atom. The van der Waals surface area contributed by atoms with Crippen LogP contribution in [0.15, 0.2) is 41.2 Å². The second-order valence-corrected chi connectivity index (χ2v) is 12.4. The van der Waals surface area contributed by atoms with Crippen LogP contribution in [0.4, 0.5) is 23.7 Å². The largest absolute Gasteiger partial charge is 0.480 e. The Bertz CT molecular complexity index is 1720. The number of halogens is 3. The molecule has 2 N–H and O–H groups in total. The van der Waals surface area contributed by atoms with E-state index < -0.39 is 47.6 Å². The van der Waals surface area contributed by atoms with Gasteiger partial charge >= 0.3 is 18.2 Å². The molecule has 2 atom stereocenters. The number of aromatic nitrogens is 2. The van der Waals surface area contributed by atoms with Crippen molar-refractivity contribution in [3.63, 3.8) is 0 Å². The predicted molar refractivity (Wildman–Crippen MR) is 166 cm³/mol. The minimum atomic E-state index is -4.75. The van der Waals surface area contributed by atoms with Crippen molar-refractivity contribution in [2.45, 2.75) is 71.1 Å². The number of carboxylic acids is 1. The summed E-state index contributed by atoms with van der Waals surface area (Å²) in [5.74, 6) is -1.58. The number of piperidine rings is 1. The van der Waals surface area contributed by atoms with Gasteiger partial charge in [-0.05, 0) is 76.1 Å². The van der Waals surface area contributed by atoms with Crippen LogP contribution in [0, 0.1) is 6.92 Å². The van der Waals surface area contributed by atoms with Gasteiger partial charge in [0.15, 0.2) is 0 Å². The lowest BCUT2D eigenvalue weighted by molar-refractivity contribution is -0.138. The molecule has 0 radical (unpaired) electrons. The molecule has 1 aromatic heterocycles. The molecule has 1 fully saturated rings. The number of carboxylic acid groups (broad SMARTS) is 1. The molecule has 3 aromatic rings. The van der Waals surface area contributed by atoms with Crippen LogP contribution in [-0.4, -0.2) is 82.5 Å². The quantitative estimate of drug-likeness (QED) is 0.363. The number of likely N-dealkylation sites (tertiary alicyclic amines) is 1. The highest BCUT2D eigenvalue weighted by molar-refractivity contribution is 5.94. The number of aliphatic carboxylic acids is 1. The number of alkyl halides is 3. The van der Waals surface area contributed by atoms with E-state index in [2.05, 4.69) is 10.3 Å². The molecule has 0 spiro atoms. The first-order valence-electron chi connectivity index (χ1n) is 14.8. The maximum Gasteiger partial charge on any atom is 0.416 e. The Morgan fingerprint density at radius 1 is 1.13 bits per heavy atom. The number of benzene rings is 2. The third kappa shape index (κ3) is 8.39. The summed E-state index contributed by atoms with van der Waals surface area (Å²) in [4.78, 5) is 57.1. The average molecular weight is 662 g/mol. The van der Waals surface area contributed by atoms with Crippen LogP contribution in [0.5, 0.6) is 0 Å². The molecule has 1 aliphatic heterocycles. The highest BCUT2D eigenvalue weighted by Gasteiger charge is 2.36. The van der Waals surface area contributed by atoms with Crippen molar-refractivity contribution in [3.8, 4) is 0 Å². The third-order valence-electron chi connectivity index (χ3n) is 7.78. The highest BCUT2D eigenvalue weighted by atomic mass is 19.4. The topological polar surface area (TPSA) is 143 Å². The fraction of sp³-hybridized carbons (Fsp3) is 0.469. The SMILES string of the molecule is CO[C@@H]1CN(C(=O)c2ccc(N(C)Cc3cc4c(=O)n(CC(=O)O)c(C)nc4cc3C(F)(F)F)cc2)CC[C@H]1NC(=O)OC(C)(C)C. The molecule has 2 heterocycles. The molecular weight excluding hydrogens is 623 g/mol. The third-order valence-corrected chi connectivity index (χ3v) is 7.78.